The molecule has 0 aliphatic heterocycles. The zero-order valence-corrected chi connectivity index (χ0v) is 31.1. The first-order chi connectivity index (χ1) is 28.7. The summed E-state index contributed by atoms with van der Waals surface area (Å²) < 4.78 is 13.1. The molecule has 12 aromatic rings. The van der Waals surface area contributed by atoms with Crippen LogP contribution >= 0.6 is 0 Å². The Morgan fingerprint density at radius 2 is 0.828 bits per heavy atom. The second-order valence-electron chi connectivity index (χ2n) is 14.8. The van der Waals surface area contributed by atoms with Crippen molar-refractivity contribution in [3.05, 3.63) is 188 Å². The van der Waals surface area contributed by atoms with Crippen molar-refractivity contribution >= 4 is 65.4 Å². The number of fused-ring (bicyclic) bond motifs is 8. The number of hydrogen-bond acceptors (Lipinski definition) is 5. The molecular weight excluding hydrogens is 711 g/mol. The molecule has 9 aromatic carbocycles. The van der Waals surface area contributed by atoms with E-state index in [0.29, 0.717) is 17.5 Å². The number of furan rings is 2. The molecule has 0 aliphatic carbocycles. The standard InChI is InChI=1S/C53H31N3O2/c1-2-10-32(11-3-1)34-18-21-35(22-19-34)51-54-52(40-24-25-43-42-16-8-9-17-46(42)57-47(43)30-40)56-53(55-51)45-28-41(39-23-20-33-12-4-5-13-36(33)26-39)31-49-50(45)44-27-37-14-6-7-15-38(37)29-48(44)58-49/h1-31H. The van der Waals surface area contributed by atoms with Crippen LogP contribution in [0.4, 0.5) is 0 Å². The number of aromatic nitrogens is 3. The van der Waals surface area contributed by atoms with Gasteiger partial charge in [-0.05, 0) is 92.3 Å². The SMILES string of the molecule is c1ccc(-c2ccc(-c3nc(-c4ccc5c(c4)oc4ccccc45)nc(-c4cc(-c5ccc6ccccc6c5)cc5oc6cc7ccccc7cc6c45)n3)cc2)cc1. The molecule has 3 aromatic heterocycles. The lowest BCUT2D eigenvalue weighted by atomic mass is 9.96. The molecule has 0 atom stereocenters. The summed E-state index contributed by atoms with van der Waals surface area (Å²) in [6.45, 7) is 0. The van der Waals surface area contributed by atoms with Crippen molar-refractivity contribution in [1.82, 2.24) is 15.0 Å². The number of para-hydroxylation sites is 1. The zero-order valence-electron chi connectivity index (χ0n) is 31.1. The van der Waals surface area contributed by atoms with E-state index in [4.69, 9.17) is 23.8 Å². The lowest BCUT2D eigenvalue weighted by Crippen LogP contribution is -2.01. The Labute approximate surface area is 332 Å². The molecule has 270 valence electrons. The molecule has 0 saturated heterocycles. The van der Waals surface area contributed by atoms with Crippen LogP contribution in [0.2, 0.25) is 0 Å². The molecule has 0 unspecified atom stereocenters. The van der Waals surface area contributed by atoms with E-state index in [0.717, 1.165) is 93.6 Å². The average molecular weight is 742 g/mol. The second kappa shape index (κ2) is 12.8. The Kier molecular flexibility index (Phi) is 7.16. The van der Waals surface area contributed by atoms with Crippen molar-refractivity contribution in [2.45, 2.75) is 0 Å². The average Bonchev–Trinajstić information content (AvgIpc) is 3.85. The van der Waals surface area contributed by atoms with E-state index in [1.807, 2.05) is 30.3 Å². The fourth-order valence-electron chi connectivity index (χ4n) is 8.37. The van der Waals surface area contributed by atoms with Crippen LogP contribution in [0.1, 0.15) is 0 Å². The lowest BCUT2D eigenvalue weighted by molar-refractivity contribution is 0.669. The molecular formula is C53H31N3O2. The maximum atomic E-state index is 6.75. The minimum absolute atomic E-state index is 0.553. The van der Waals surface area contributed by atoms with Crippen LogP contribution < -0.4 is 0 Å². The van der Waals surface area contributed by atoms with Gasteiger partial charge in [-0.3, -0.25) is 0 Å². The molecule has 0 spiro atoms. The zero-order chi connectivity index (χ0) is 38.2. The highest BCUT2D eigenvalue weighted by Gasteiger charge is 2.21. The largest absolute Gasteiger partial charge is 0.456 e. The van der Waals surface area contributed by atoms with Crippen LogP contribution in [-0.2, 0) is 0 Å². The fraction of sp³-hybridized carbons (Fsp3) is 0. The highest BCUT2D eigenvalue weighted by atomic mass is 16.3. The summed E-state index contributed by atoms with van der Waals surface area (Å²) in [5, 5.41) is 8.70. The molecule has 5 nitrogen and oxygen atoms in total. The molecule has 0 radical (unpaired) electrons. The van der Waals surface area contributed by atoms with Crippen LogP contribution in [0.5, 0.6) is 0 Å². The van der Waals surface area contributed by atoms with Gasteiger partial charge in [0.05, 0.1) is 0 Å². The van der Waals surface area contributed by atoms with Gasteiger partial charge < -0.3 is 8.83 Å². The molecule has 0 N–H and O–H groups in total. The first-order valence-corrected chi connectivity index (χ1v) is 19.4. The third-order valence-corrected chi connectivity index (χ3v) is 11.3. The summed E-state index contributed by atoms with van der Waals surface area (Å²) in [5.74, 6) is 1.68. The van der Waals surface area contributed by atoms with Crippen LogP contribution in [0, 0.1) is 0 Å². The molecule has 5 heteroatoms. The van der Waals surface area contributed by atoms with Gasteiger partial charge in [0, 0.05) is 38.2 Å². The number of rotatable bonds is 5. The number of benzene rings is 9. The Bertz CT molecular complexity index is 3570. The minimum atomic E-state index is 0.553. The monoisotopic (exact) mass is 741 g/mol. The normalized spacial score (nSPS) is 11.8. The summed E-state index contributed by atoms with van der Waals surface area (Å²) in [6, 6.07) is 65.3. The molecule has 3 heterocycles. The molecule has 0 fully saturated rings. The van der Waals surface area contributed by atoms with Crippen molar-refractivity contribution < 1.29 is 8.83 Å². The molecule has 0 aliphatic rings. The third kappa shape index (κ3) is 5.36. The first-order valence-electron chi connectivity index (χ1n) is 19.4. The summed E-state index contributed by atoms with van der Waals surface area (Å²) >= 11 is 0. The number of nitrogens with zero attached hydrogens (tertiary/aromatic N) is 3. The van der Waals surface area contributed by atoms with Gasteiger partial charge in [0.2, 0.25) is 0 Å². The van der Waals surface area contributed by atoms with Crippen molar-refractivity contribution in [3.8, 4) is 56.4 Å². The summed E-state index contributed by atoms with van der Waals surface area (Å²) in [6.07, 6.45) is 0. The van der Waals surface area contributed by atoms with E-state index in [9.17, 15) is 0 Å². The van der Waals surface area contributed by atoms with E-state index < -0.39 is 0 Å². The predicted octanol–water partition coefficient (Wildman–Crippen LogP) is 14.3. The highest BCUT2D eigenvalue weighted by Crippen LogP contribution is 2.42. The van der Waals surface area contributed by atoms with E-state index >= 15 is 0 Å². The van der Waals surface area contributed by atoms with E-state index in [-0.39, 0.29) is 0 Å². The fourth-order valence-corrected chi connectivity index (χ4v) is 8.37. The maximum absolute atomic E-state index is 6.75. The van der Waals surface area contributed by atoms with Crippen molar-refractivity contribution in [1.29, 1.82) is 0 Å². The molecule has 0 saturated carbocycles. The molecule has 12 rings (SSSR count). The quantitative estimate of drug-likeness (QED) is 0.176. The summed E-state index contributed by atoms with van der Waals surface area (Å²) in [5.41, 5.74) is 10.2. The minimum Gasteiger partial charge on any atom is -0.456 e. The Balaban J connectivity index is 1.12. The lowest BCUT2D eigenvalue weighted by Gasteiger charge is -2.12. The number of hydrogen-bond donors (Lipinski definition) is 0. The maximum Gasteiger partial charge on any atom is 0.164 e. The van der Waals surface area contributed by atoms with Gasteiger partial charge in [0.25, 0.3) is 0 Å². The smallest absolute Gasteiger partial charge is 0.164 e. The van der Waals surface area contributed by atoms with Gasteiger partial charge in [0.15, 0.2) is 17.5 Å². The van der Waals surface area contributed by atoms with Gasteiger partial charge in [-0.25, -0.2) is 15.0 Å². The van der Waals surface area contributed by atoms with Crippen molar-refractivity contribution in [2.75, 3.05) is 0 Å². The van der Waals surface area contributed by atoms with Crippen molar-refractivity contribution in [3.63, 3.8) is 0 Å². The van der Waals surface area contributed by atoms with Crippen LogP contribution in [0.25, 0.3) is 122 Å². The molecule has 0 bridgehead atoms. The topological polar surface area (TPSA) is 65.0 Å². The molecule has 0 amide bonds. The van der Waals surface area contributed by atoms with Gasteiger partial charge >= 0.3 is 0 Å². The Morgan fingerprint density at radius 1 is 0.276 bits per heavy atom. The second-order valence-corrected chi connectivity index (χ2v) is 14.8. The van der Waals surface area contributed by atoms with Gasteiger partial charge in [0.1, 0.15) is 22.3 Å². The predicted molar refractivity (Wildman–Crippen MR) is 237 cm³/mol. The third-order valence-electron chi connectivity index (χ3n) is 11.3. The van der Waals surface area contributed by atoms with Gasteiger partial charge in [-0.15, -0.1) is 0 Å². The van der Waals surface area contributed by atoms with Crippen molar-refractivity contribution in [2.24, 2.45) is 0 Å². The summed E-state index contributed by atoms with van der Waals surface area (Å²) in [7, 11) is 0. The Morgan fingerprint density at radius 3 is 1.66 bits per heavy atom. The van der Waals surface area contributed by atoms with Gasteiger partial charge in [-0.2, -0.15) is 0 Å². The summed E-state index contributed by atoms with van der Waals surface area (Å²) in [4.78, 5) is 15.8. The Hall–Kier alpha value is -7.89. The highest BCUT2D eigenvalue weighted by molar-refractivity contribution is 6.16. The van der Waals surface area contributed by atoms with Gasteiger partial charge in [-0.1, -0.05) is 140 Å². The van der Waals surface area contributed by atoms with E-state index in [1.54, 1.807) is 0 Å². The van der Waals surface area contributed by atoms with Crippen LogP contribution in [0.3, 0.4) is 0 Å². The van der Waals surface area contributed by atoms with Crippen LogP contribution in [-0.4, -0.2) is 15.0 Å². The molecule has 58 heavy (non-hydrogen) atoms. The van der Waals surface area contributed by atoms with E-state index in [2.05, 4.69) is 158 Å². The van der Waals surface area contributed by atoms with E-state index in [1.165, 1.54) is 10.8 Å². The van der Waals surface area contributed by atoms with Crippen LogP contribution in [0.15, 0.2) is 197 Å². The first kappa shape index (κ1) is 32.4.